The number of aryl methyl sites for hydroxylation is 1. The van der Waals surface area contributed by atoms with E-state index in [0.717, 1.165) is 10.7 Å². The van der Waals surface area contributed by atoms with E-state index in [1.807, 2.05) is 14.0 Å². The number of aromatic nitrogens is 1. The van der Waals surface area contributed by atoms with E-state index in [0.29, 0.717) is 6.04 Å². The Morgan fingerprint density at radius 3 is 2.85 bits per heavy atom. The van der Waals surface area contributed by atoms with E-state index in [-0.39, 0.29) is 0 Å². The molecule has 0 saturated carbocycles. The average Bonchev–Trinajstić information content (AvgIpc) is 2.49. The van der Waals surface area contributed by atoms with Crippen molar-refractivity contribution in [2.75, 3.05) is 7.05 Å². The summed E-state index contributed by atoms with van der Waals surface area (Å²) in [5, 5.41) is 6.41. The molecule has 0 aliphatic heterocycles. The van der Waals surface area contributed by atoms with Crippen molar-refractivity contribution in [2.45, 2.75) is 26.8 Å². The number of hydrogen-bond donors (Lipinski definition) is 1. The lowest BCUT2D eigenvalue weighted by molar-refractivity contribution is 0.696. The third-order valence-corrected chi connectivity index (χ3v) is 2.92. The fourth-order valence-corrected chi connectivity index (χ4v) is 1.60. The molecule has 1 atom stereocenters. The molecule has 0 aliphatic carbocycles. The summed E-state index contributed by atoms with van der Waals surface area (Å²) >= 11 is 1.69. The summed E-state index contributed by atoms with van der Waals surface area (Å²) in [6.45, 7) is 6.29. The summed E-state index contributed by atoms with van der Waals surface area (Å²) in [6.07, 6.45) is 2.13. The normalized spacial score (nSPS) is 14.6. The Bertz CT molecular complexity index is 302. The van der Waals surface area contributed by atoms with Crippen LogP contribution in [-0.2, 0) is 0 Å². The smallest absolute Gasteiger partial charge is 0.0901 e. The Labute approximate surface area is 83.7 Å². The minimum absolute atomic E-state index is 0.419. The molecule has 1 aromatic heterocycles. The van der Waals surface area contributed by atoms with Gasteiger partial charge in [-0.05, 0) is 33.9 Å². The molecule has 0 spiro atoms. The molecule has 1 rings (SSSR count). The molecule has 0 fully saturated rings. The molecule has 1 aromatic rings. The van der Waals surface area contributed by atoms with E-state index in [1.54, 1.807) is 11.3 Å². The van der Waals surface area contributed by atoms with E-state index in [2.05, 4.69) is 35.6 Å². The van der Waals surface area contributed by atoms with Gasteiger partial charge in [-0.1, -0.05) is 5.57 Å². The zero-order chi connectivity index (χ0) is 9.84. The minimum Gasteiger partial charge on any atom is -0.314 e. The molecule has 1 N–H and O–H groups in total. The topological polar surface area (TPSA) is 24.9 Å². The number of nitrogens with zero attached hydrogens (tertiary/aromatic N) is 1. The standard InChI is InChI=1S/C10H16N2S/c1-7(8(2)11-4)5-10-6-13-9(3)12-10/h5-6,8,11H,1-4H3/b7-5+. The van der Waals surface area contributed by atoms with Gasteiger partial charge in [-0.3, -0.25) is 0 Å². The monoisotopic (exact) mass is 196 g/mol. The maximum absolute atomic E-state index is 4.38. The molecule has 72 valence electrons. The van der Waals surface area contributed by atoms with Gasteiger partial charge in [-0.2, -0.15) is 0 Å². The minimum atomic E-state index is 0.419. The molecular formula is C10H16N2S. The van der Waals surface area contributed by atoms with Gasteiger partial charge in [0.2, 0.25) is 0 Å². The van der Waals surface area contributed by atoms with E-state index < -0.39 is 0 Å². The van der Waals surface area contributed by atoms with E-state index in [4.69, 9.17) is 0 Å². The van der Waals surface area contributed by atoms with Crippen molar-refractivity contribution in [2.24, 2.45) is 0 Å². The lowest BCUT2D eigenvalue weighted by Gasteiger charge is -2.09. The molecule has 0 saturated heterocycles. The Morgan fingerprint density at radius 1 is 1.69 bits per heavy atom. The van der Waals surface area contributed by atoms with Crippen molar-refractivity contribution in [1.82, 2.24) is 10.3 Å². The molecule has 2 nitrogen and oxygen atoms in total. The van der Waals surface area contributed by atoms with Gasteiger partial charge in [-0.15, -0.1) is 11.3 Å². The van der Waals surface area contributed by atoms with Crippen LogP contribution in [-0.4, -0.2) is 18.1 Å². The fraction of sp³-hybridized carbons (Fsp3) is 0.500. The molecule has 3 heteroatoms. The van der Waals surface area contributed by atoms with Crippen LogP contribution in [0.4, 0.5) is 0 Å². The van der Waals surface area contributed by atoms with Gasteiger partial charge in [0.15, 0.2) is 0 Å². The molecule has 0 aliphatic rings. The van der Waals surface area contributed by atoms with Gasteiger partial charge in [0.1, 0.15) is 0 Å². The molecule has 0 radical (unpaired) electrons. The highest BCUT2D eigenvalue weighted by Gasteiger charge is 2.01. The number of nitrogens with one attached hydrogen (secondary N) is 1. The van der Waals surface area contributed by atoms with E-state index in [9.17, 15) is 0 Å². The SMILES string of the molecule is CNC(C)/C(C)=C/c1csc(C)n1. The Balaban J connectivity index is 2.76. The first kappa shape index (κ1) is 10.4. The molecule has 0 amide bonds. The molecule has 1 heterocycles. The van der Waals surface area contributed by atoms with Crippen LogP contribution in [0.2, 0.25) is 0 Å². The van der Waals surface area contributed by atoms with E-state index >= 15 is 0 Å². The van der Waals surface area contributed by atoms with Crippen molar-refractivity contribution in [1.29, 1.82) is 0 Å². The summed E-state index contributed by atoms with van der Waals surface area (Å²) in [6, 6.07) is 0.419. The maximum atomic E-state index is 4.38. The quantitative estimate of drug-likeness (QED) is 0.803. The van der Waals surface area contributed by atoms with Crippen LogP contribution in [0.25, 0.3) is 6.08 Å². The molecule has 13 heavy (non-hydrogen) atoms. The second-order valence-electron chi connectivity index (χ2n) is 3.19. The Hall–Kier alpha value is -0.670. The van der Waals surface area contributed by atoms with Crippen LogP contribution in [0.15, 0.2) is 11.0 Å². The lowest BCUT2D eigenvalue weighted by atomic mass is 10.1. The van der Waals surface area contributed by atoms with Gasteiger partial charge >= 0.3 is 0 Å². The van der Waals surface area contributed by atoms with Crippen molar-refractivity contribution >= 4 is 17.4 Å². The summed E-state index contributed by atoms with van der Waals surface area (Å²) in [7, 11) is 1.97. The van der Waals surface area contributed by atoms with Gasteiger partial charge in [0.05, 0.1) is 10.7 Å². The highest BCUT2D eigenvalue weighted by molar-refractivity contribution is 7.09. The van der Waals surface area contributed by atoms with Crippen LogP contribution in [0.3, 0.4) is 0 Å². The largest absolute Gasteiger partial charge is 0.314 e. The summed E-state index contributed by atoms with van der Waals surface area (Å²) in [4.78, 5) is 4.38. The second kappa shape index (κ2) is 4.53. The molecule has 1 unspecified atom stereocenters. The van der Waals surface area contributed by atoms with Crippen molar-refractivity contribution in [3.05, 3.63) is 21.7 Å². The first-order valence-electron chi connectivity index (χ1n) is 4.41. The van der Waals surface area contributed by atoms with Gasteiger partial charge in [0.25, 0.3) is 0 Å². The Morgan fingerprint density at radius 2 is 2.38 bits per heavy atom. The van der Waals surface area contributed by atoms with Crippen LogP contribution in [0.5, 0.6) is 0 Å². The van der Waals surface area contributed by atoms with Gasteiger partial charge < -0.3 is 5.32 Å². The first-order chi connectivity index (χ1) is 6.13. The summed E-state index contributed by atoms with van der Waals surface area (Å²) in [5.74, 6) is 0. The third-order valence-electron chi connectivity index (χ3n) is 2.13. The zero-order valence-corrected chi connectivity index (χ0v) is 9.40. The van der Waals surface area contributed by atoms with Gasteiger partial charge in [0, 0.05) is 11.4 Å². The lowest BCUT2D eigenvalue weighted by Crippen LogP contribution is -2.21. The predicted molar refractivity (Wildman–Crippen MR) is 59.0 cm³/mol. The first-order valence-corrected chi connectivity index (χ1v) is 5.29. The fourth-order valence-electron chi connectivity index (χ4n) is 1.03. The highest BCUT2D eigenvalue weighted by atomic mass is 32.1. The third kappa shape index (κ3) is 2.94. The number of rotatable bonds is 3. The molecule has 0 aromatic carbocycles. The van der Waals surface area contributed by atoms with Crippen molar-refractivity contribution < 1.29 is 0 Å². The summed E-state index contributed by atoms with van der Waals surface area (Å²) in [5.41, 5.74) is 2.38. The molecule has 0 bridgehead atoms. The highest BCUT2D eigenvalue weighted by Crippen LogP contribution is 2.12. The van der Waals surface area contributed by atoms with Gasteiger partial charge in [-0.25, -0.2) is 4.98 Å². The average molecular weight is 196 g/mol. The predicted octanol–water partition coefficient (Wildman–Crippen LogP) is 2.46. The van der Waals surface area contributed by atoms with Crippen molar-refractivity contribution in [3.63, 3.8) is 0 Å². The van der Waals surface area contributed by atoms with Crippen LogP contribution in [0, 0.1) is 6.92 Å². The zero-order valence-electron chi connectivity index (χ0n) is 8.59. The summed E-state index contributed by atoms with van der Waals surface area (Å²) < 4.78 is 0. The number of likely N-dealkylation sites (N-methyl/N-ethyl adjacent to an activating group) is 1. The second-order valence-corrected chi connectivity index (χ2v) is 4.25. The number of hydrogen-bond acceptors (Lipinski definition) is 3. The van der Waals surface area contributed by atoms with E-state index in [1.165, 1.54) is 5.57 Å². The molecular weight excluding hydrogens is 180 g/mol. The Kier molecular flexibility index (Phi) is 3.63. The van der Waals surface area contributed by atoms with Crippen LogP contribution < -0.4 is 5.32 Å². The van der Waals surface area contributed by atoms with Crippen LogP contribution in [0.1, 0.15) is 24.5 Å². The van der Waals surface area contributed by atoms with Crippen molar-refractivity contribution in [3.8, 4) is 0 Å². The number of thiazole rings is 1. The maximum Gasteiger partial charge on any atom is 0.0901 e. The van der Waals surface area contributed by atoms with Crippen LogP contribution >= 0.6 is 11.3 Å².